The normalized spacial score (nSPS) is 11.1. The van der Waals surface area contributed by atoms with Crippen LogP contribution in [0.1, 0.15) is 44.6 Å². The molecule has 3 rings (SSSR count). The Morgan fingerprint density at radius 3 is 2.36 bits per heavy atom. The standard InChI is InChI=1S/C21H24O/c1-2-3-4-5-6-7-17-8-10-18(11-9-17)19-12-13-21-20(16-19)14-15-22-21/h8-16H,2-7H2,1H3. The van der Waals surface area contributed by atoms with Crippen LogP contribution in [0.15, 0.2) is 59.2 Å². The number of aryl methyl sites for hydroxylation is 1. The highest BCUT2D eigenvalue weighted by Gasteiger charge is 2.02. The van der Waals surface area contributed by atoms with E-state index < -0.39 is 0 Å². The first-order chi connectivity index (χ1) is 10.9. The largest absolute Gasteiger partial charge is 0.464 e. The summed E-state index contributed by atoms with van der Waals surface area (Å²) in [6.45, 7) is 2.26. The molecule has 0 aliphatic heterocycles. The van der Waals surface area contributed by atoms with Crippen LogP contribution in [-0.2, 0) is 6.42 Å². The number of fused-ring (bicyclic) bond motifs is 1. The average Bonchev–Trinajstić information content (AvgIpc) is 3.03. The van der Waals surface area contributed by atoms with Crippen molar-refractivity contribution in [2.75, 3.05) is 0 Å². The van der Waals surface area contributed by atoms with E-state index in [9.17, 15) is 0 Å². The molecule has 0 spiro atoms. The van der Waals surface area contributed by atoms with Gasteiger partial charge in [0.1, 0.15) is 5.58 Å². The maximum absolute atomic E-state index is 5.40. The van der Waals surface area contributed by atoms with E-state index >= 15 is 0 Å². The van der Waals surface area contributed by atoms with Crippen molar-refractivity contribution in [3.63, 3.8) is 0 Å². The van der Waals surface area contributed by atoms with Crippen LogP contribution in [0.2, 0.25) is 0 Å². The monoisotopic (exact) mass is 292 g/mol. The highest BCUT2D eigenvalue weighted by Crippen LogP contribution is 2.25. The Morgan fingerprint density at radius 1 is 0.773 bits per heavy atom. The van der Waals surface area contributed by atoms with Gasteiger partial charge in [-0.2, -0.15) is 0 Å². The molecule has 22 heavy (non-hydrogen) atoms. The summed E-state index contributed by atoms with van der Waals surface area (Å²) in [7, 11) is 0. The van der Waals surface area contributed by atoms with Gasteiger partial charge in [0.25, 0.3) is 0 Å². The fourth-order valence-corrected chi connectivity index (χ4v) is 2.94. The Morgan fingerprint density at radius 2 is 1.55 bits per heavy atom. The second-order valence-corrected chi connectivity index (χ2v) is 6.03. The van der Waals surface area contributed by atoms with Crippen LogP contribution in [0.25, 0.3) is 22.1 Å². The minimum atomic E-state index is 0.951. The van der Waals surface area contributed by atoms with Crippen molar-refractivity contribution in [1.29, 1.82) is 0 Å². The fraction of sp³-hybridized carbons (Fsp3) is 0.333. The van der Waals surface area contributed by atoms with Gasteiger partial charge in [-0.25, -0.2) is 0 Å². The Hall–Kier alpha value is -2.02. The van der Waals surface area contributed by atoms with E-state index in [0.717, 1.165) is 11.0 Å². The molecule has 0 unspecified atom stereocenters. The van der Waals surface area contributed by atoms with Crippen LogP contribution in [0.3, 0.4) is 0 Å². The molecule has 0 fully saturated rings. The molecule has 1 heteroatoms. The SMILES string of the molecule is CCCCCCCc1ccc(-c2ccc3occc3c2)cc1. The molecule has 0 N–H and O–H groups in total. The van der Waals surface area contributed by atoms with Crippen LogP contribution in [-0.4, -0.2) is 0 Å². The lowest BCUT2D eigenvalue weighted by Crippen LogP contribution is -1.86. The van der Waals surface area contributed by atoms with Crippen molar-refractivity contribution >= 4 is 11.0 Å². The van der Waals surface area contributed by atoms with Crippen molar-refractivity contribution < 1.29 is 4.42 Å². The first-order valence-corrected chi connectivity index (χ1v) is 8.43. The summed E-state index contributed by atoms with van der Waals surface area (Å²) in [5, 5.41) is 1.16. The Labute approximate surface area is 133 Å². The minimum Gasteiger partial charge on any atom is -0.464 e. The topological polar surface area (TPSA) is 13.1 Å². The molecule has 114 valence electrons. The molecule has 0 radical (unpaired) electrons. The summed E-state index contributed by atoms with van der Waals surface area (Å²) in [5.74, 6) is 0. The Kier molecular flexibility index (Phi) is 4.95. The van der Waals surface area contributed by atoms with Crippen molar-refractivity contribution in [2.45, 2.75) is 45.4 Å². The molecule has 1 heterocycles. The van der Waals surface area contributed by atoms with Crippen molar-refractivity contribution in [3.05, 3.63) is 60.4 Å². The third-order valence-corrected chi connectivity index (χ3v) is 4.31. The molecule has 2 aromatic carbocycles. The maximum atomic E-state index is 5.40. The number of hydrogen-bond acceptors (Lipinski definition) is 1. The van der Waals surface area contributed by atoms with E-state index in [1.165, 1.54) is 55.2 Å². The molecule has 0 amide bonds. The second kappa shape index (κ2) is 7.31. The lowest BCUT2D eigenvalue weighted by molar-refractivity contribution is 0.616. The zero-order chi connectivity index (χ0) is 15.2. The third-order valence-electron chi connectivity index (χ3n) is 4.31. The van der Waals surface area contributed by atoms with Crippen LogP contribution < -0.4 is 0 Å². The molecule has 0 saturated carbocycles. The summed E-state index contributed by atoms with van der Waals surface area (Å²) in [6.07, 6.45) is 9.67. The first kappa shape index (κ1) is 14.9. The van der Waals surface area contributed by atoms with Crippen LogP contribution in [0, 0.1) is 0 Å². The van der Waals surface area contributed by atoms with Crippen LogP contribution in [0.4, 0.5) is 0 Å². The highest BCUT2D eigenvalue weighted by atomic mass is 16.3. The zero-order valence-electron chi connectivity index (χ0n) is 13.3. The molecule has 1 nitrogen and oxygen atoms in total. The molecule has 0 aliphatic carbocycles. The van der Waals surface area contributed by atoms with E-state index in [1.54, 1.807) is 6.26 Å². The van der Waals surface area contributed by atoms with Gasteiger partial charge in [0.15, 0.2) is 0 Å². The number of unbranched alkanes of at least 4 members (excludes halogenated alkanes) is 4. The molecule has 0 saturated heterocycles. The Bertz CT molecular complexity index is 706. The first-order valence-electron chi connectivity index (χ1n) is 8.43. The summed E-state index contributed by atoms with van der Waals surface area (Å²) < 4.78 is 5.40. The van der Waals surface area contributed by atoms with Gasteiger partial charge in [-0.05, 0) is 47.7 Å². The van der Waals surface area contributed by atoms with Gasteiger partial charge in [-0.1, -0.05) is 62.9 Å². The van der Waals surface area contributed by atoms with Gasteiger partial charge in [-0.3, -0.25) is 0 Å². The van der Waals surface area contributed by atoms with Gasteiger partial charge in [0.2, 0.25) is 0 Å². The lowest BCUT2D eigenvalue weighted by Gasteiger charge is -2.05. The average molecular weight is 292 g/mol. The van der Waals surface area contributed by atoms with Crippen molar-refractivity contribution in [3.8, 4) is 11.1 Å². The van der Waals surface area contributed by atoms with Crippen molar-refractivity contribution in [1.82, 2.24) is 0 Å². The van der Waals surface area contributed by atoms with Gasteiger partial charge < -0.3 is 4.42 Å². The molecular weight excluding hydrogens is 268 g/mol. The van der Waals surface area contributed by atoms with Crippen LogP contribution in [0.5, 0.6) is 0 Å². The third kappa shape index (κ3) is 3.59. The maximum Gasteiger partial charge on any atom is 0.133 e. The molecule has 1 aromatic heterocycles. The summed E-state index contributed by atoms with van der Waals surface area (Å²) in [4.78, 5) is 0. The van der Waals surface area contributed by atoms with E-state index in [2.05, 4.69) is 43.3 Å². The number of benzene rings is 2. The quantitative estimate of drug-likeness (QED) is 0.446. The number of rotatable bonds is 7. The summed E-state index contributed by atoms with van der Waals surface area (Å²) in [6, 6.07) is 17.4. The predicted molar refractivity (Wildman–Crippen MR) is 94.1 cm³/mol. The number of furan rings is 1. The van der Waals surface area contributed by atoms with E-state index in [4.69, 9.17) is 4.42 Å². The predicted octanol–water partition coefficient (Wildman–Crippen LogP) is 6.61. The number of hydrogen-bond donors (Lipinski definition) is 0. The smallest absolute Gasteiger partial charge is 0.133 e. The van der Waals surface area contributed by atoms with Gasteiger partial charge >= 0.3 is 0 Å². The van der Waals surface area contributed by atoms with Gasteiger partial charge in [0.05, 0.1) is 6.26 Å². The molecule has 3 aromatic rings. The van der Waals surface area contributed by atoms with E-state index in [1.807, 2.05) is 12.1 Å². The van der Waals surface area contributed by atoms with Gasteiger partial charge in [0, 0.05) is 5.39 Å². The summed E-state index contributed by atoms with van der Waals surface area (Å²) in [5.41, 5.74) is 4.93. The Balaban J connectivity index is 1.63. The minimum absolute atomic E-state index is 0.951. The lowest BCUT2D eigenvalue weighted by atomic mass is 10.0. The zero-order valence-corrected chi connectivity index (χ0v) is 13.3. The summed E-state index contributed by atoms with van der Waals surface area (Å²) >= 11 is 0. The van der Waals surface area contributed by atoms with Gasteiger partial charge in [-0.15, -0.1) is 0 Å². The molecule has 0 aliphatic rings. The second-order valence-electron chi connectivity index (χ2n) is 6.03. The molecule has 0 atom stereocenters. The van der Waals surface area contributed by atoms with E-state index in [-0.39, 0.29) is 0 Å². The molecule has 0 bridgehead atoms. The van der Waals surface area contributed by atoms with E-state index in [0.29, 0.717) is 0 Å². The fourth-order valence-electron chi connectivity index (χ4n) is 2.94. The highest BCUT2D eigenvalue weighted by molar-refractivity contribution is 5.83. The van der Waals surface area contributed by atoms with Crippen LogP contribution >= 0.6 is 0 Å². The molecular formula is C21H24O. The van der Waals surface area contributed by atoms with Crippen molar-refractivity contribution in [2.24, 2.45) is 0 Å².